The monoisotopic (exact) mass is 628 g/mol. The zero-order valence-corrected chi connectivity index (χ0v) is 20.6. The molecule has 3 aromatic heterocycles. The van der Waals surface area contributed by atoms with E-state index in [2.05, 4.69) is 27.1 Å². The molecule has 0 N–H and O–H groups in total. The van der Waals surface area contributed by atoms with Gasteiger partial charge in [0.25, 0.3) is 0 Å². The van der Waals surface area contributed by atoms with Crippen molar-refractivity contribution in [1.29, 1.82) is 0 Å². The van der Waals surface area contributed by atoms with Crippen LogP contribution in [0.4, 0.5) is 8.78 Å². The number of nitrogens with zero attached hydrogens (tertiary/aromatic N) is 3. The molecule has 5 rings (SSSR count). The van der Waals surface area contributed by atoms with Crippen molar-refractivity contribution in [2.75, 3.05) is 0 Å². The predicted octanol–water partition coefficient (Wildman–Crippen LogP) is 6.74. The second-order valence-corrected chi connectivity index (χ2v) is 7.15. The maximum absolute atomic E-state index is 13.8. The minimum Gasteiger partial charge on any atom is -0.305 e. The Morgan fingerprint density at radius 1 is 0.794 bits per heavy atom. The van der Waals surface area contributed by atoms with E-state index in [-0.39, 0.29) is 25.7 Å². The fourth-order valence-electron chi connectivity index (χ4n) is 3.23. The maximum atomic E-state index is 13.8. The zero-order valence-electron chi connectivity index (χ0n) is 18.2. The molecule has 0 atom stereocenters. The van der Waals surface area contributed by atoms with Gasteiger partial charge in [-0.15, -0.1) is 54.1 Å². The molecule has 34 heavy (non-hydrogen) atoms. The van der Waals surface area contributed by atoms with Crippen molar-refractivity contribution >= 4 is 0 Å². The Morgan fingerprint density at radius 3 is 2.32 bits per heavy atom. The molecule has 3 nitrogen and oxygen atoms in total. The van der Waals surface area contributed by atoms with Gasteiger partial charge in [0, 0.05) is 67.7 Å². The van der Waals surface area contributed by atoms with Crippen molar-refractivity contribution in [3.63, 3.8) is 0 Å². The van der Waals surface area contributed by atoms with Gasteiger partial charge in [0.2, 0.25) is 0 Å². The van der Waals surface area contributed by atoms with E-state index in [1.807, 2.05) is 61.5 Å². The van der Waals surface area contributed by atoms with Crippen molar-refractivity contribution < 1.29 is 28.9 Å². The summed E-state index contributed by atoms with van der Waals surface area (Å²) in [6.45, 7) is 1.89. The van der Waals surface area contributed by atoms with Gasteiger partial charge in [0.1, 0.15) is 0 Å². The molecule has 171 valence electrons. The van der Waals surface area contributed by atoms with E-state index in [4.69, 9.17) is 0 Å². The van der Waals surface area contributed by atoms with Crippen molar-refractivity contribution in [3.05, 3.63) is 127 Å². The summed E-state index contributed by atoms with van der Waals surface area (Å²) in [6, 6.07) is 26.8. The van der Waals surface area contributed by atoms with E-state index in [1.54, 1.807) is 30.9 Å². The number of halogens is 2. The number of aromatic nitrogens is 3. The molecule has 0 unspecified atom stereocenters. The average molecular weight is 628 g/mol. The molecule has 0 aliphatic carbocycles. The number of aryl methyl sites for hydroxylation is 1. The molecule has 1 radical (unpaired) electrons. The largest absolute Gasteiger partial charge is 0.305 e. The normalized spacial score (nSPS) is 9.97. The summed E-state index contributed by atoms with van der Waals surface area (Å²) in [6.07, 6.45) is 6.85. The molecule has 0 fully saturated rings. The Kier molecular flexibility index (Phi) is 8.86. The van der Waals surface area contributed by atoms with E-state index in [0.29, 0.717) is 5.69 Å². The van der Waals surface area contributed by atoms with Gasteiger partial charge in [-0.2, -0.15) is 0 Å². The third kappa shape index (κ3) is 6.25. The van der Waals surface area contributed by atoms with Crippen LogP contribution in [0.2, 0.25) is 0 Å². The minimum atomic E-state index is -0.609. The summed E-state index contributed by atoms with van der Waals surface area (Å²) in [5.41, 5.74) is 5.15. The van der Waals surface area contributed by atoms with Crippen LogP contribution < -0.4 is 0 Å². The van der Waals surface area contributed by atoms with E-state index in [1.165, 1.54) is 0 Å². The van der Waals surface area contributed by atoms with Crippen molar-refractivity contribution in [1.82, 2.24) is 15.0 Å². The number of rotatable bonds is 3. The summed E-state index contributed by atoms with van der Waals surface area (Å²) in [5.74, 6) is -1.15. The molecule has 0 spiro atoms. The first-order chi connectivity index (χ1) is 16.1. The van der Waals surface area contributed by atoms with Crippen LogP contribution >= 0.6 is 0 Å². The SMILES string of the molecule is Cc1cc(-c2[c-]c(F)ccc2F)ncc1-c1cccnc1.[Ir].[c-]1ccccc1-c1ccccn1. The van der Waals surface area contributed by atoms with Crippen LogP contribution in [0.5, 0.6) is 0 Å². The number of benzene rings is 2. The first kappa shape index (κ1) is 25.0. The van der Waals surface area contributed by atoms with Gasteiger partial charge >= 0.3 is 0 Å². The van der Waals surface area contributed by atoms with Gasteiger partial charge in [-0.3, -0.25) is 9.37 Å². The number of hydrogen-bond donors (Lipinski definition) is 0. The summed E-state index contributed by atoms with van der Waals surface area (Å²) in [7, 11) is 0. The van der Waals surface area contributed by atoms with Crippen LogP contribution in [0.15, 0.2) is 97.6 Å². The summed E-state index contributed by atoms with van der Waals surface area (Å²) >= 11 is 0. The molecule has 3 heterocycles. The van der Waals surface area contributed by atoms with Gasteiger partial charge in [-0.25, -0.2) is 4.39 Å². The van der Waals surface area contributed by atoms with Crippen molar-refractivity contribution in [2.45, 2.75) is 6.92 Å². The first-order valence-corrected chi connectivity index (χ1v) is 10.2. The third-order valence-corrected chi connectivity index (χ3v) is 4.85. The minimum absolute atomic E-state index is 0. The molecule has 0 saturated heterocycles. The molecule has 0 saturated carbocycles. The van der Waals surface area contributed by atoms with Gasteiger partial charge in [-0.05, 0) is 36.0 Å². The van der Waals surface area contributed by atoms with Gasteiger partial charge < -0.3 is 9.97 Å². The summed E-state index contributed by atoms with van der Waals surface area (Å²) in [4.78, 5) is 12.5. The Bertz CT molecular complexity index is 1290. The van der Waals surface area contributed by atoms with Crippen LogP contribution in [-0.2, 0) is 20.1 Å². The zero-order chi connectivity index (χ0) is 23.0. The summed E-state index contributed by atoms with van der Waals surface area (Å²) < 4.78 is 27.0. The molecule has 0 aliphatic rings. The number of pyridine rings is 3. The standard InChI is InChI=1S/C17H11F2N2.C11H8N.Ir/c1-11-7-17(14-8-13(18)4-5-16(14)19)21-10-15(11)12-3-2-6-20-9-12;1-2-6-10(7-3-1)11-8-4-5-9-12-11;/h2-7,9-10H,1H3;1-6,8-9H;/q2*-1;. The van der Waals surface area contributed by atoms with Crippen LogP contribution in [-0.4, -0.2) is 15.0 Å². The van der Waals surface area contributed by atoms with Crippen LogP contribution in [0, 0.1) is 30.7 Å². The van der Waals surface area contributed by atoms with Gasteiger partial charge in [0.15, 0.2) is 0 Å². The molecule has 0 bridgehead atoms. The summed E-state index contributed by atoms with van der Waals surface area (Å²) in [5, 5.41) is 0. The van der Waals surface area contributed by atoms with Gasteiger partial charge in [0.05, 0.1) is 0 Å². The van der Waals surface area contributed by atoms with E-state index in [0.717, 1.165) is 40.1 Å². The Labute approximate surface area is 210 Å². The predicted molar refractivity (Wildman–Crippen MR) is 125 cm³/mol. The first-order valence-electron chi connectivity index (χ1n) is 10.2. The molecular formula is C28H19F2IrN3-2. The Morgan fingerprint density at radius 2 is 1.65 bits per heavy atom. The third-order valence-electron chi connectivity index (χ3n) is 4.85. The molecule has 0 amide bonds. The average Bonchev–Trinajstić information content (AvgIpc) is 2.87. The van der Waals surface area contributed by atoms with Crippen LogP contribution in [0.1, 0.15) is 5.56 Å². The Balaban J connectivity index is 0.000000212. The second kappa shape index (κ2) is 12.0. The maximum Gasteiger partial charge on any atom is 0.0407 e. The quantitative estimate of drug-likeness (QED) is 0.208. The molecule has 0 aliphatic heterocycles. The topological polar surface area (TPSA) is 38.7 Å². The van der Waals surface area contributed by atoms with Crippen molar-refractivity contribution in [3.8, 4) is 33.6 Å². The van der Waals surface area contributed by atoms with E-state index in [9.17, 15) is 8.78 Å². The van der Waals surface area contributed by atoms with Crippen LogP contribution in [0.25, 0.3) is 33.6 Å². The fourth-order valence-corrected chi connectivity index (χ4v) is 3.23. The van der Waals surface area contributed by atoms with E-state index >= 15 is 0 Å². The second-order valence-electron chi connectivity index (χ2n) is 7.15. The number of hydrogen-bond acceptors (Lipinski definition) is 3. The van der Waals surface area contributed by atoms with E-state index < -0.39 is 11.6 Å². The Hall–Kier alpha value is -3.60. The molecule has 2 aromatic carbocycles. The van der Waals surface area contributed by atoms with Crippen molar-refractivity contribution in [2.24, 2.45) is 0 Å². The molecular weight excluding hydrogens is 609 g/mol. The van der Waals surface area contributed by atoms with Gasteiger partial charge in [-0.1, -0.05) is 29.8 Å². The molecule has 6 heteroatoms. The smallest absolute Gasteiger partial charge is 0.0407 e. The van der Waals surface area contributed by atoms with Crippen LogP contribution in [0.3, 0.4) is 0 Å². The molecule has 5 aromatic rings. The fraction of sp³-hybridized carbons (Fsp3) is 0.0357.